The molecule has 0 spiro atoms. The van der Waals surface area contributed by atoms with Crippen LogP contribution in [0.15, 0.2) is 71.5 Å². The summed E-state index contributed by atoms with van der Waals surface area (Å²) in [7, 11) is 1.58. The van der Waals surface area contributed by atoms with Crippen molar-refractivity contribution in [1.29, 1.82) is 0 Å². The molecule has 0 saturated carbocycles. The number of rotatable bonds is 8. The lowest BCUT2D eigenvalue weighted by Crippen LogP contribution is -2.35. The standard InChI is InChI=1S/C21H21N3O4/c1-27-18-9-5-6-16(14-18)19-10-11-21(26)24(23-19)15-20(25)22-12-13-28-17-7-3-2-4-8-17/h2-11,14H,12-13,15H2,1H3,(H,22,25). The van der Waals surface area contributed by atoms with E-state index in [9.17, 15) is 9.59 Å². The largest absolute Gasteiger partial charge is 0.497 e. The number of ether oxygens (including phenoxy) is 2. The van der Waals surface area contributed by atoms with E-state index in [2.05, 4.69) is 10.4 Å². The van der Waals surface area contributed by atoms with E-state index < -0.39 is 0 Å². The third-order valence-corrected chi connectivity index (χ3v) is 3.96. The van der Waals surface area contributed by atoms with Crippen molar-refractivity contribution >= 4 is 5.91 Å². The molecule has 0 fully saturated rings. The van der Waals surface area contributed by atoms with Gasteiger partial charge in [0.1, 0.15) is 24.7 Å². The van der Waals surface area contributed by atoms with E-state index in [1.807, 2.05) is 54.6 Å². The predicted molar refractivity (Wildman–Crippen MR) is 105 cm³/mol. The first kappa shape index (κ1) is 19.2. The normalized spacial score (nSPS) is 10.3. The van der Waals surface area contributed by atoms with E-state index >= 15 is 0 Å². The summed E-state index contributed by atoms with van der Waals surface area (Å²) < 4.78 is 11.9. The second-order valence-corrected chi connectivity index (χ2v) is 5.96. The lowest BCUT2D eigenvalue weighted by atomic mass is 10.1. The Hall–Kier alpha value is -3.61. The molecule has 0 unspecified atom stereocenters. The van der Waals surface area contributed by atoms with E-state index in [4.69, 9.17) is 9.47 Å². The van der Waals surface area contributed by atoms with Crippen LogP contribution in [0, 0.1) is 0 Å². The highest BCUT2D eigenvalue weighted by atomic mass is 16.5. The average molecular weight is 379 g/mol. The van der Waals surface area contributed by atoms with E-state index in [1.54, 1.807) is 13.2 Å². The molecule has 1 amide bonds. The lowest BCUT2D eigenvalue weighted by molar-refractivity contribution is -0.122. The third kappa shape index (κ3) is 5.20. The van der Waals surface area contributed by atoms with E-state index in [0.717, 1.165) is 16.0 Å². The maximum Gasteiger partial charge on any atom is 0.267 e. The number of methoxy groups -OCH3 is 1. The molecule has 0 aliphatic carbocycles. The lowest BCUT2D eigenvalue weighted by Gasteiger charge is -2.10. The van der Waals surface area contributed by atoms with Crippen molar-refractivity contribution in [2.24, 2.45) is 0 Å². The van der Waals surface area contributed by atoms with Crippen LogP contribution in [0.1, 0.15) is 0 Å². The number of benzene rings is 2. The van der Waals surface area contributed by atoms with Gasteiger partial charge in [-0.15, -0.1) is 0 Å². The van der Waals surface area contributed by atoms with Crippen LogP contribution in [0.2, 0.25) is 0 Å². The van der Waals surface area contributed by atoms with Crippen LogP contribution in [-0.4, -0.2) is 35.9 Å². The molecular weight excluding hydrogens is 358 g/mol. The SMILES string of the molecule is COc1cccc(-c2ccc(=O)n(CC(=O)NCCOc3ccccc3)n2)c1. The molecule has 1 heterocycles. The minimum atomic E-state index is -0.345. The van der Waals surface area contributed by atoms with Crippen molar-refractivity contribution in [3.63, 3.8) is 0 Å². The van der Waals surface area contributed by atoms with Crippen molar-refractivity contribution in [2.75, 3.05) is 20.3 Å². The van der Waals surface area contributed by atoms with Gasteiger partial charge in [-0.05, 0) is 30.3 Å². The highest BCUT2D eigenvalue weighted by Crippen LogP contribution is 2.21. The van der Waals surface area contributed by atoms with Gasteiger partial charge in [0.25, 0.3) is 5.56 Å². The molecule has 0 aliphatic rings. The molecule has 0 bridgehead atoms. The summed E-state index contributed by atoms with van der Waals surface area (Å²) >= 11 is 0. The molecule has 144 valence electrons. The summed E-state index contributed by atoms with van der Waals surface area (Å²) in [6, 6.07) is 19.7. The molecule has 0 atom stereocenters. The van der Waals surface area contributed by atoms with E-state index in [0.29, 0.717) is 24.6 Å². The van der Waals surface area contributed by atoms with Crippen LogP contribution in [0.4, 0.5) is 0 Å². The van der Waals surface area contributed by atoms with Gasteiger partial charge >= 0.3 is 0 Å². The van der Waals surface area contributed by atoms with E-state index in [1.165, 1.54) is 6.07 Å². The third-order valence-electron chi connectivity index (χ3n) is 3.96. The number of carbonyl (C=O) groups excluding carboxylic acids is 1. The summed E-state index contributed by atoms with van der Waals surface area (Å²) in [4.78, 5) is 24.2. The molecule has 2 aromatic carbocycles. The Kier molecular flexibility index (Phi) is 6.41. The number of aromatic nitrogens is 2. The van der Waals surface area contributed by atoms with Crippen LogP contribution in [0.25, 0.3) is 11.3 Å². The quantitative estimate of drug-likeness (QED) is 0.606. The van der Waals surface area contributed by atoms with Gasteiger partial charge < -0.3 is 14.8 Å². The smallest absolute Gasteiger partial charge is 0.267 e. The molecule has 0 saturated heterocycles. The molecule has 1 N–H and O–H groups in total. The Bertz CT molecular complexity index is 986. The van der Waals surface area contributed by atoms with Gasteiger partial charge in [-0.25, -0.2) is 4.68 Å². The topological polar surface area (TPSA) is 82.5 Å². The fraction of sp³-hybridized carbons (Fsp3) is 0.190. The number of hydrogen-bond acceptors (Lipinski definition) is 5. The van der Waals surface area contributed by atoms with Gasteiger partial charge in [0.05, 0.1) is 19.3 Å². The van der Waals surface area contributed by atoms with Gasteiger partial charge in [-0.2, -0.15) is 5.10 Å². The molecule has 7 nitrogen and oxygen atoms in total. The van der Waals surface area contributed by atoms with Gasteiger partial charge in [-0.1, -0.05) is 30.3 Å². The second-order valence-electron chi connectivity index (χ2n) is 5.96. The van der Waals surface area contributed by atoms with Crippen LogP contribution in [-0.2, 0) is 11.3 Å². The van der Waals surface area contributed by atoms with Crippen molar-refractivity contribution in [3.05, 3.63) is 77.1 Å². The van der Waals surface area contributed by atoms with Crippen LogP contribution >= 0.6 is 0 Å². The number of hydrogen-bond donors (Lipinski definition) is 1. The monoisotopic (exact) mass is 379 g/mol. The van der Waals surface area contributed by atoms with Crippen LogP contribution < -0.4 is 20.3 Å². The van der Waals surface area contributed by atoms with Crippen molar-refractivity contribution < 1.29 is 14.3 Å². The number of para-hydroxylation sites is 1. The minimum Gasteiger partial charge on any atom is -0.497 e. The fourth-order valence-electron chi connectivity index (χ4n) is 2.57. The first-order valence-electron chi connectivity index (χ1n) is 8.83. The first-order chi connectivity index (χ1) is 13.7. The maximum absolute atomic E-state index is 12.1. The van der Waals surface area contributed by atoms with Crippen molar-refractivity contribution in [1.82, 2.24) is 15.1 Å². The molecule has 3 aromatic rings. The van der Waals surface area contributed by atoms with Gasteiger partial charge in [-0.3, -0.25) is 9.59 Å². The summed E-state index contributed by atoms with van der Waals surface area (Å²) in [6.07, 6.45) is 0. The number of nitrogens with one attached hydrogen (secondary N) is 1. The van der Waals surface area contributed by atoms with Crippen molar-refractivity contribution in [2.45, 2.75) is 6.54 Å². The summed E-state index contributed by atoms with van der Waals surface area (Å²) in [5, 5.41) is 7.01. The minimum absolute atomic E-state index is 0.165. The molecule has 28 heavy (non-hydrogen) atoms. The Balaban J connectivity index is 1.58. The Labute approximate surface area is 162 Å². The van der Waals surface area contributed by atoms with E-state index in [-0.39, 0.29) is 18.0 Å². The summed E-state index contributed by atoms with van der Waals surface area (Å²) in [6.45, 7) is 0.502. The highest BCUT2D eigenvalue weighted by molar-refractivity contribution is 5.75. The number of carbonyl (C=O) groups is 1. The Morgan fingerprint density at radius 1 is 1.04 bits per heavy atom. The zero-order valence-electron chi connectivity index (χ0n) is 15.5. The Morgan fingerprint density at radius 3 is 2.61 bits per heavy atom. The Morgan fingerprint density at radius 2 is 1.82 bits per heavy atom. The van der Waals surface area contributed by atoms with Crippen LogP contribution in [0.5, 0.6) is 11.5 Å². The zero-order chi connectivity index (χ0) is 19.8. The summed E-state index contributed by atoms with van der Waals surface area (Å²) in [5.74, 6) is 1.11. The molecule has 0 aliphatic heterocycles. The highest BCUT2D eigenvalue weighted by Gasteiger charge is 2.08. The van der Waals surface area contributed by atoms with Crippen molar-refractivity contribution in [3.8, 4) is 22.8 Å². The van der Waals surface area contributed by atoms with Gasteiger partial charge in [0, 0.05) is 11.6 Å². The zero-order valence-corrected chi connectivity index (χ0v) is 15.5. The maximum atomic E-state index is 12.1. The summed E-state index contributed by atoms with van der Waals surface area (Å²) in [5.41, 5.74) is 1.03. The molecule has 0 radical (unpaired) electrons. The molecule has 3 rings (SSSR count). The fourth-order valence-corrected chi connectivity index (χ4v) is 2.57. The predicted octanol–water partition coefficient (Wildman–Crippen LogP) is 2.11. The molecular formula is C21H21N3O4. The number of nitrogens with zero attached hydrogens (tertiary/aromatic N) is 2. The number of amides is 1. The molecule has 7 heteroatoms. The van der Waals surface area contributed by atoms with Crippen LogP contribution in [0.3, 0.4) is 0 Å². The average Bonchev–Trinajstić information content (AvgIpc) is 2.73. The van der Waals surface area contributed by atoms with Gasteiger partial charge in [0.15, 0.2) is 0 Å². The first-order valence-corrected chi connectivity index (χ1v) is 8.83. The molecule has 1 aromatic heterocycles. The second kappa shape index (κ2) is 9.36. The van der Waals surface area contributed by atoms with Gasteiger partial charge in [0.2, 0.25) is 5.91 Å².